The SMILES string of the molecule is CCCCOc1ccc(C#CC(O)CC2CCC(CCC)CC2)cc1. The van der Waals surface area contributed by atoms with Crippen LogP contribution in [0.3, 0.4) is 0 Å². The molecule has 2 rings (SSSR count). The number of unbranched alkanes of at least 4 members (excludes halogenated alkanes) is 1. The van der Waals surface area contributed by atoms with Gasteiger partial charge in [0.15, 0.2) is 0 Å². The number of ether oxygens (including phenoxy) is 1. The van der Waals surface area contributed by atoms with E-state index in [0.29, 0.717) is 5.92 Å². The Bertz CT molecular complexity index is 529. The molecule has 0 aliphatic heterocycles. The summed E-state index contributed by atoms with van der Waals surface area (Å²) in [7, 11) is 0. The van der Waals surface area contributed by atoms with Crippen molar-refractivity contribution < 1.29 is 9.84 Å². The lowest BCUT2D eigenvalue weighted by molar-refractivity contribution is 0.162. The molecule has 1 atom stereocenters. The largest absolute Gasteiger partial charge is 0.494 e. The number of aliphatic hydroxyl groups excluding tert-OH is 1. The second-order valence-electron chi connectivity index (χ2n) is 7.42. The summed E-state index contributed by atoms with van der Waals surface area (Å²) in [5.74, 6) is 8.58. The van der Waals surface area contributed by atoms with Crippen molar-refractivity contribution in [3.05, 3.63) is 29.8 Å². The van der Waals surface area contributed by atoms with Crippen LogP contribution in [0.25, 0.3) is 0 Å². The minimum Gasteiger partial charge on any atom is -0.494 e. The van der Waals surface area contributed by atoms with Crippen molar-refractivity contribution in [3.63, 3.8) is 0 Å². The van der Waals surface area contributed by atoms with E-state index in [0.717, 1.165) is 43.1 Å². The Morgan fingerprint density at radius 1 is 1.04 bits per heavy atom. The van der Waals surface area contributed by atoms with Crippen LogP contribution in [-0.4, -0.2) is 17.8 Å². The van der Waals surface area contributed by atoms with Crippen LogP contribution in [0.15, 0.2) is 24.3 Å². The third kappa shape index (κ3) is 7.53. The molecule has 1 saturated carbocycles. The fraction of sp³-hybridized carbons (Fsp3) is 0.652. The fourth-order valence-electron chi connectivity index (χ4n) is 3.67. The van der Waals surface area contributed by atoms with Crippen molar-refractivity contribution in [2.45, 2.75) is 77.7 Å². The topological polar surface area (TPSA) is 29.5 Å². The first-order valence-electron chi connectivity index (χ1n) is 10.1. The zero-order valence-electron chi connectivity index (χ0n) is 16.0. The Morgan fingerprint density at radius 2 is 1.72 bits per heavy atom. The minimum atomic E-state index is -0.506. The smallest absolute Gasteiger partial charge is 0.119 e. The summed E-state index contributed by atoms with van der Waals surface area (Å²) in [5.41, 5.74) is 0.938. The normalized spacial score (nSPS) is 21.2. The van der Waals surface area contributed by atoms with Gasteiger partial charge >= 0.3 is 0 Å². The van der Waals surface area contributed by atoms with Gasteiger partial charge in [-0.3, -0.25) is 0 Å². The van der Waals surface area contributed by atoms with Gasteiger partial charge in [0, 0.05) is 5.56 Å². The van der Waals surface area contributed by atoms with Crippen LogP contribution in [0.1, 0.15) is 77.2 Å². The first kappa shape index (κ1) is 19.9. The van der Waals surface area contributed by atoms with Gasteiger partial charge in [-0.1, -0.05) is 70.6 Å². The van der Waals surface area contributed by atoms with Gasteiger partial charge in [-0.05, 0) is 48.9 Å². The first-order valence-corrected chi connectivity index (χ1v) is 10.1. The summed E-state index contributed by atoms with van der Waals surface area (Å²) in [4.78, 5) is 0. The van der Waals surface area contributed by atoms with Gasteiger partial charge in [-0.25, -0.2) is 0 Å². The van der Waals surface area contributed by atoms with Gasteiger partial charge in [-0.2, -0.15) is 0 Å². The quantitative estimate of drug-likeness (QED) is 0.494. The van der Waals surface area contributed by atoms with Crippen LogP contribution in [-0.2, 0) is 0 Å². The summed E-state index contributed by atoms with van der Waals surface area (Å²) in [5, 5.41) is 10.2. The fourth-order valence-corrected chi connectivity index (χ4v) is 3.67. The molecule has 138 valence electrons. The molecule has 1 N–H and O–H groups in total. The molecule has 0 bridgehead atoms. The van der Waals surface area contributed by atoms with Gasteiger partial charge < -0.3 is 9.84 Å². The van der Waals surface area contributed by atoms with E-state index in [1.165, 1.54) is 38.5 Å². The summed E-state index contributed by atoms with van der Waals surface area (Å²) in [6.07, 6.45) is 10.4. The van der Waals surface area contributed by atoms with E-state index in [1.54, 1.807) is 0 Å². The van der Waals surface area contributed by atoms with E-state index in [2.05, 4.69) is 25.7 Å². The molecule has 1 unspecified atom stereocenters. The summed E-state index contributed by atoms with van der Waals surface area (Å²) in [6.45, 7) is 5.19. The zero-order chi connectivity index (χ0) is 17.9. The molecule has 2 heteroatoms. The monoisotopic (exact) mass is 342 g/mol. The molecule has 0 saturated heterocycles. The first-order chi connectivity index (χ1) is 12.2. The molecule has 1 aliphatic carbocycles. The van der Waals surface area contributed by atoms with Gasteiger partial charge in [-0.15, -0.1) is 0 Å². The Hall–Kier alpha value is -1.46. The van der Waals surface area contributed by atoms with Crippen molar-refractivity contribution in [3.8, 4) is 17.6 Å². The Kier molecular flexibility index (Phi) is 8.91. The van der Waals surface area contributed by atoms with Crippen LogP contribution in [0.4, 0.5) is 0 Å². The van der Waals surface area contributed by atoms with Gasteiger partial charge in [0.2, 0.25) is 0 Å². The van der Waals surface area contributed by atoms with Crippen LogP contribution in [0.2, 0.25) is 0 Å². The molecule has 0 spiro atoms. The van der Waals surface area contributed by atoms with Crippen molar-refractivity contribution in [2.24, 2.45) is 11.8 Å². The lowest BCUT2D eigenvalue weighted by atomic mass is 9.78. The lowest BCUT2D eigenvalue weighted by Crippen LogP contribution is -2.19. The summed E-state index contributed by atoms with van der Waals surface area (Å²) in [6, 6.07) is 7.86. The molecular formula is C23H34O2. The standard InChI is InChI=1S/C23H34O2/c1-3-5-17-25-23-15-12-20(13-16-23)11-14-22(24)18-21-9-7-19(6-4-2)8-10-21/h12-13,15-16,19,21-22,24H,3-10,17-18H2,1-2H3. The van der Waals surface area contributed by atoms with E-state index in [-0.39, 0.29) is 0 Å². The highest BCUT2D eigenvalue weighted by atomic mass is 16.5. The molecule has 2 nitrogen and oxygen atoms in total. The summed E-state index contributed by atoms with van der Waals surface area (Å²) >= 11 is 0. The van der Waals surface area contributed by atoms with Crippen molar-refractivity contribution in [1.82, 2.24) is 0 Å². The molecule has 25 heavy (non-hydrogen) atoms. The van der Waals surface area contributed by atoms with E-state index in [9.17, 15) is 5.11 Å². The predicted molar refractivity (Wildman–Crippen MR) is 105 cm³/mol. The average Bonchev–Trinajstić information content (AvgIpc) is 2.63. The highest BCUT2D eigenvalue weighted by molar-refractivity contribution is 5.38. The van der Waals surface area contributed by atoms with Gasteiger partial charge in [0.25, 0.3) is 0 Å². The van der Waals surface area contributed by atoms with Crippen molar-refractivity contribution >= 4 is 0 Å². The van der Waals surface area contributed by atoms with Crippen LogP contribution >= 0.6 is 0 Å². The van der Waals surface area contributed by atoms with Crippen molar-refractivity contribution in [1.29, 1.82) is 0 Å². The molecule has 0 heterocycles. The average molecular weight is 343 g/mol. The molecule has 0 aromatic heterocycles. The zero-order valence-corrected chi connectivity index (χ0v) is 16.0. The predicted octanol–water partition coefficient (Wildman–Crippen LogP) is 5.57. The Balaban J connectivity index is 1.74. The molecule has 0 amide bonds. The molecular weight excluding hydrogens is 308 g/mol. The maximum atomic E-state index is 10.2. The maximum absolute atomic E-state index is 10.2. The number of hydrogen-bond donors (Lipinski definition) is 1. The third-order valence-electron chi connectivity index (χ3n) is 5.22. The van der Waals surface area contributed by atoms with Crippen LogP contribution in [0, 0.1) is 23.7 Å². The molecule has 1 aromatic carbocycles. The van der Waals surface area contributed by atoms with Gasteiger partial charge in [0.1, 0.15) is 11.9 Å². The molecule has 1 aliphatic rings. The van der Waals surface area contributed by atoms with E-state index in [1.807, 2.05) is 24.3 Å². The second kappa shape index (κ2) is 11.2. The lowest BCUT2D eigenvalue weighted by Gasteiger charge is -2.28. The molecule has 1 fully saturated rings. The maximum Gasteiger partial charge on any atom is 0.119 e. The number of hydrogen-bond acceptors (Lipinski definition) is 2. The van der Waals surface area contributed by atoms with E-state index < -0.39 is 6.10 Å². The molecule has 1 aromatic rings. The third-order valence-corrected chi connectivity index (χ3v) is 5.22. The molecule has 0 radical (unpaired) electrons. The van der Waals surface area contributed by atoms with Crippen molar-refractivity contribution in [2.75, 3.05) is 6.61 Å². The van der Waals surface area contributed by atoms with E-state index >= 15 is 0 Å². The second-order valence-corrected chi connectivity index (χ2v) is 7.42. The Labute approximate surface area is 154 Å². The number of aliphatic hydroxyl groups is 1. The Morgan fingerprint density at radius 3 is 2.36 bits per heavy atom. The van der Waals surface area contributed by atoms with Crippen LogP contribution in [0.5, 0.6) is 5.75 Å². The van der Waals surface area contributed by atoms with Gasteiger partial charge in [0.05, 0.1) is 6.61 Å². The highest BCUT2D eigenvalue weighted by Crippen LogP contribution is 2.33. The number of rotatable bonds is 8. The summed E-state index contributed by atoms with van der Waals surface area (Å²) < 4.78 is 5.66. The van der Waals surface area contributed by atoms with Crippen LogP contribution < -0.4 is 4.74 Å². The number of benzene rings is 1. The minimum absolute atomic E-state index is 0.506. The highest BCUT2D eigenvalue weighted by Gasteiger charge is 2.22. The van der Waals surface area contributed by atoms with E-state index in [4.69, 9.17) is 4.74 Å².